The van der Waals surface area contributed by atoms with Gasteiger partial charge in [0.15, 0.2) is 0 Å². The third-order valence-electron chi connectivity index (χ3n) is 4.54. The van der Waals surface area contributed by atoms with Crippen LogP contribution in [0.4, 0.5) is 10.1 Å². The first kappa shape index (κ1) is 19.3. The molecule has 7 heteroatoms. The highest BCUT2D eigenvalue weighted by molar-refractivity contribution is 5.94. The zero-order chi connectivity index (χ0) is 18.4. The van der Waals surface area contributed by atoms with Crippen molar-refractivity contribution in [1.82, 2.24) is 9.80 Å². The molecule has 1 aromatic rings. The van der Waals surface area contributed by atoms with Crippen LogP contribution in [0.15, 0.2) is 24.3 Å². The van der Waals surface area contributed by atoms with Crippen LogP contribution in [0, 0.1) is 5.82 Å². The summed E-state index contributed by atoms with van der Waals surface area (Å²) in [6.45, 7) is 8.59. The Hall–Kier alpha value is -1.99. The van der Waals surface area contributed by atoms with E-state index in [0.717, 1.165) is 0 Å². The molecule has 25 heavy (non-hydrogen) atoms. The van der Waals surface area contributed by atoms with E-state index in [4.69, 9.17) is 4.74 Å². The van der Waals surface area contributed by atoms with E-state index in [1.807, 2.05) is 13.8 Å². The highest BCUT2D eigenvalue weighted by atomic mass is 19.1. The van der Waals surface area contributed by atoms with Gasteiger partial charge in [0.25, 0.3) is 0 Å². The number of piperazine rings is 1. The number of carbonyl (C=O) groups excluding carboxylic acids is 2. The maximum atomic E-state index is 13.2. The van der Waals surface area contributed by atoms with E-state index in [2.05, 4.69) is 15.1 Å². The summed E-state index contributed by atoms with van der Waals surface area (Å²) in [5, 5.41) is 2.74. The van der Waals surface area contributed by atoms with Crippen molar-refractivity contribution in [1.29, 1.82) is 0 Å². The Morgan fingerprint density at radius 1 is 1.16 bits per heavy atom. The second kappa shape index (κ2) is 8.92. The molecule has 138 valence electrons. The zero-order valence-electron chi connectivity index (χ0n) is 15.0. The maximum absolute atomic E-state index is 13.2. The molecule has 1 aliphatic heterocycles. The highest BCUT2D eigenvalue weighted by Gasteiger charge is 2.30. The van der Waals surface area contributed by atoms with Crippen LogP contribution in [0.1, 0.15) is 20.8 Å². The summed E-state index contributed by atoms with van der Waals surface area (Å²) in [6.07, 6.45) is 0. The standard InChI is InChI=1S/C18H26FN3O3/c1-4-25-18(24)14(3)22-10-8-21(9-11-22)13(2)17(23)20-16-7-5-6-15(19)12-16/h5-7,12-14H,4,8-11H2,1-3H3,(H,20,23). The molecule has 1 N–H and O–H groups in total. The van der Waals surface area contributed by atoms with Crippen LogP contribution in [0.25, 0.3) is 0 Å². The molecule has 0 radical (unpaired) electrons. The van der Waals surface area contributed by atoms with Crippen LogP contribution in [0.3, 0.4) is 0 Å². The maximum Gasteiger partial charge on any atom is 0.323 e. The van der Waals surface area contributed by atoms with Gasteiger partial charge in [-0.05, 0) is 39.0 Å². The summed E-state index contributed by atoms with van der Waals surface area (Å²) in [5.74, 6) is -0.766. The molecule has 0 spiro atoms. The first-order valence-electron chi connectivity index (χ1n) is 8.63. The molecule has 1 fully saturated rings. The molecule has 1 saturated heterocycles. The van der Waals surface area contributed by atoms with E-state index >= 15 is 0 Å². The Kier molecular flexibility index (Phi) is 6.90. The van der Waals surface area contributed by atoms with Gasteiger partial charge in [0.05, 0.1) is 12.6 Å². The predicted octanol–water partition coefficient (Wildman–Crippen LogP) is 1.72. The number of ether oxygens (including phenoxy) is 1. The minimum Gasteiger partial charge on any atom is -0.465 e. The molecule has 0 aliphatic carbocycles. The highest BCUT2D eigenvalue weighted by Crippen LogP contribution is 2.14. The fourth-order valence-corrected chi connectivity index (χ4v) is 2.90. The van der Waals surface area contributed by atoms with Gasteiger partial charge in [-0.1, -0.05) is 6.07 Å². The smallest absolute Gasteiger partial charge is 0.323 e. The number of benzene rings is 1. The molecule has 0 bridgehead atoms. The second-order valence-corrected chi connectivity index (χ2v) is 6.18. The lowest BCUT2D eigenvalue weighted by atomic mass is 10.1. The number of esters is 1. The summed E-state index contributed by atoms with van der Waals surface area (Å²) in [4.78, 5) is 28.3. The van der Waals surface area contributed by atoms with Gasteiger partial charge in [-0.15, -0.1) is 0 Å². The number of nitrogens with zero attached hydrogens (tertiary/aromatic N) is 2. The van der Waals surface area contributed by atoms with Crippen LogP contribution in [0.2, 0.25) is 0 Å². The van der Waals surface area contributed by atoms with E-state index in [1.54, 1.807) is 19.1 Å². The number of rotatable bonds is 6. The van der Waals surface area contributed by atoms with Crippen LogP contribution in [-0.2, 0) is 14.3 Å². The molecule has 1 amide bonds. The normalized spacial score (nSPS) is 18.4. The average molecular weight is 351 g/mol. The van der Waals surface area contributed by atoms with Gasteiger partial charge >= 0.3 is 5.97 Å². The van der Waals surface area contributed by atoms with Crippen molar-refractivity contribution in [2.45, 2.75) is 32.9 Å². The Morgan fingerprint density at radius 3 is 2.32 bits per heavy atom. The summed E-state index contributed by atoms with van der Waals surface area (Å²) < 4.78 is 18.3. The molecule has 2 atom stereocenters. The van der Waals surface area contributed by atoms with E-state index < -0.39 is 0 Å². The van der Waals surface area contributed by atoms with Crippen molar-refractivity contribution in [2.24, 2.45) is 0 Å². The van der Waals surface area contributed by atoms with Gasteiger partial charge in [0, 0.05) is 31.9 Å². The monoisotopic (exact) mass is 351 g/mol. The topological polar surface area (TPSA) is 61.9 Å². The van der Waals surface area contributed by atoms with Crippen LogP contribution >= 0.6 is 0 Å². The van der Waals surface area contributed by atoms with Gasteiger partial charge in [0.1, 0.15) is 11.9 Å². The summed E-state index contributed by atoms with van der Waals surface area (Å²) in [7, 11) is 0. The fraction of sp³-hybridized carbons (Fsp3) is 0.556. The van der Waals surface area contributed by atoms with Gasteiger partial charge in [0.2, 0.25) is 5.91 Å². The Morgan fingerprint density at radius 2 is 1.76 bits per heavy atom. The molecule has 6 nitrogen and oxygen atoms in total. The molecule has 2 unspecified atom stereocenters. The molecule has 0 saturated carbocycles. The molecule has 1 heterocycles. The SMILES string of the molecule is CCOC(=O)C(C)N1CCN(C(C)C(=O)Nc2cccc(F)c2)CC1. The van der Waals surface area contributed by atoms with E-state index in [-0.39, 0.29) is 29.8 Å². The van der Waals surface area contributed by atoms with Crippen molar-refractivity contribution >= 4 is 17.6 Å². The minimum absolute atomic E-state index is 0.169. The van der Waals surface area contributed by atoms with Crippen LogP contribution < -0.4 is 5.32 Å². The molecule has 0 aromatic heterocycles. The van der Waals surface area contributed by atoms with Crippen molar-refractivity contribution in [2.75, 3.05) is 38.1 Å². The zero-order valence-corrected chi connectivity index (χ0v) is 15.0. The molecule has 2 rings (SSSR count). The number of carbonyl (C=O) groups is 2. The van der Waals surface area contributed by atoms with Crippen molar-refractivity contribution in [3.05, 3.63) is 30.1 Å². The summed E-state index contributed by atoms with van der Waals surface area (Å²) in [6, 6.07) is 5.24. The van der Waals surface area contributed by atoms with E-state index in [0.29, 0.717) is 38.5 Å². The molecule has 1 aliphatic rings. The fourth-order valence-electron chi connectivity index (χ4n) is 2.90. The number of anilines is 1. The first-order chi connectivity index (χ1) is 11.9. The molecular weight excluding hydrogens is 325 g/mol. The third-order valence-corrected chi connectivity index (χ3v) is 4.54. The quantitative estimate of drug-likeness (QED) is 0.791. The Bertz CT molecular complexity index is 603. The summed E-state index contributed by atoms with van der Waals surface area (Å²) in [5.41, 5.74) is 0.450. The number of halogens is 1. The lowest BCUT2D eigenvalue weighted by Crippen LogP contribution is -2.55. The molecule has 1 aromatic carbocycles. The van der Waals surface area contributed by atoms with E-state index in [9.17, 15) is 14.0 Å². The minimum atomic E-state index is -0.382. The van der Waals surface area contributed by atoms with E-state index in [1.165, 1.54) is 12.1 Å². The van der Waals surface area contributed by atoms with Crippen LogP contribution in [-0.4, -0.2) is 66.5 Å². The van der Waals surface area contributed by atoms with Gasteiger partial charge < -0.3 is 10.1 Å². The largest absolute Gasteiger partial charge is 0.465 e. The number of amides is 1. The van der Waals surface area contributed by atoms with Gasteiger partial charge in [-0.25, -0.2) is 4.39 Å². The second-order valence-electron chi connectivity index (χ2n) is 6.18. The number of hydrogen-bond donors (Lipinski definition) is 1. The van der Waals surface area contributed by atoms with Crippen LogP contribution in [0.5, 0.6) is 0 Å². The van der Waals surface area contributed by atoms with Gasteiger partial charge in [-0.2, -0.15) is 0 Å². The predicted molar refractivity (Wildman–Crippen MR) is 93.7 cm³/mol. The van der Waals surface area contributed by atoms with Crippen molar-refractivity contribution < 1.29 is 18.7 Å². The lowest BCUT2D eigenvalue weighted by Gasteiger charge is -2.39. The average Bonchev–Trinajstić information content (AvgIpc) is 2.60. The molecular formula is C18H26FN3O3. The van der Waals surface area contributed by atoms with Crippen molar-refractivity contribution in [3.8, 4) is 0 Å². The number of nitrogens with one attached hydrogen (secondary N) is 1. The summed E-state index contributed by atoms with van der Waals surface area (Å²) >= 11 is 0. The number of hydrogen-bond acceptors (Lipinski definition) is 5. The Balaban J connectivity index is 1.85. The third kappa shape index (κ3) is 5.24. The Labute approximate surface area is 147 Å². The lowest BCUT2D eigenvalue weighted by molar-refractivity contribution is -0.149. The van der Waals surface area contributed by atoms with Gasteiger partial charge in [-0.3, -0.25) is 19.4 Å². The van der Waals surface area contributed by atoms with Crippen molar-refractivity contribution in [3.63, 3.8) is 0 Å². The first-order valence-corrected chi connectivity index (χ1v) is 8.63.